The minimum Gasteiger partial charge on any atom is -0.488 e. The van der Waals surface area contributed by atoms with Gasteiger partial charge in [0.15, 0.2) is 5.75 Å². The van der Waals surface area contributed by atoms with Crippen LogP contribution in [-0.2, 0) is 4.79 Å². The number of carbonyl (C=O) groups excluding carboxylic acids is 2. The van der Waals surface area contributed by atoms with Crippen molar-refractivity contribution in [3.8, 4) is 11.6 Å². The Kier molecular flexibility index (Phi) is 5.18. The van der Waals surface area contributed by atoms with E-state index in [-0.39, 0.29) is 5.69 Å². The first-order valence-electron chi connectivity index (χ1n) is 9.95. The molecular formula is C20H27N3O4. The molecule has 3 aliphatic rings. The molecule has 0 saturated heterocycles. The van der Waals surface area contributed by atoms with E-state index < -0.39 is 17.9 Å². The monoisotopic (exact) mass is 373 g/mol. The van der Waals surface area contributed by atoms with Crippen molar-refractivity contribution in [1.82, 2.24) is 10.3 Å². The van der Waals surface area contributed by atoms with Gasteiger partial charge in [0.2, 0.25) is 5.91 Å². The predicted octanol–water partition coefficient (Wildman–Crippen LogP) is 2.04. The molecule has 0 spiro atoms. The van der Waals surface area contributed by atoms with Crippen molar-refractivity contribution < 1.29 is 19.1 Å². The molecule has 1 unspecified atom stereocenters. The van der Waals surface area contributed by atoms with Gasteiger partial charge in [-0.05, 0) is 62.0 Å². The molecule has 7 heteroatoms. The fourth-order valence-corrected chi connectivity index (χ4v) is 2.91. The summed E-state index contributed by atoms with van der Waals surface area (Å²) in [5, 5.41) is 2.72. The summed E-state index contributed by atoms with van der Waals surface area (Å²) in [7, 11) is 0. The first kappa shape index (κ1) is 18.1. The van der Waals surface area contributed by atoms with E-state index in [4.69, 9.17) is 15.2 Å². The van der Waals surface area contributed by atoms with Gasteiger partial charge >= 0.3 is 0 Å². The molecule has 1 atom stereocenters. The molecule has 3 fully saturated rings. The zero-order valence-electron chi connectivity index (χ0n) is 15.5. The van der Waals surface area contributed by atoms with Gasteiger partial charge < -0.3 is 20.5 Å². The van der Waals surface area contributed by atoms with Crippen LogP contribution >= 0.6 is 0 Å². The lowest BCUT2D eigenvalue weighted by molar-refractivity contribution is -0.120. The van der Waals surface area contributed by atoms with Gasteiger partial charge in [-0.2, -0.15) is 0 Å². The molecule has 1 heterocycles. The van der Waals surface area contributed by atoms with Gasteiger partial charge in [0.05, 0.1) is 13.2 Å². The van der Waals surface area contributed by atoms with E-state index in [1.165, 1.54) is 25.7 Å². The fourth-order valence-electron chi connectivity index (χ4n) is 2.91. The Morgan fingerprint density at radius 1 is 1.04 bits per heavy atom. The number of aromatic nitrogens is 1. The van der Waals surface area contributed by atoms with Crippen molar-refractivity contribution in [3.63, 3.8) is 0 Å². The molecule has 1 aromatic rings. The number of nitrogens with two attached hydrogens (primary N) is 1. The molecule has 3 aliphatic carbocycles. The zero-order valence-corrected chi connectivity index (χ0v) is 15.5. The molecule has 0 aromatic carbocycles. The normalized spacial score (nSPS) is 20.0. The van der Waals surface area contributed by atoms with Crippen LogP contribution in [0.3, 0.4) is 0 Å². The van der Waals surface area contributed by atoms with Gasteiger partial charge in [-0.25, -0.2) is 4.98 Å². The highest BCUT2D eigenvalue weighted by Gasteiger charge is 2.30. The van der Waals surface area contributed by atoms with Crippen LogP contribution in [0.4, 0.5) is 0 Å². The van der Waals surface area contributed by atoms with E-state index in [9.17, 15) is 9.59 Å². The Morgan fingerprint density at radius 2 is 1.67 bits per heavy atom. The van der Waals surface area contributed by atoms with Crippen molar-refractivity contribution in [2.75, 3.05) is 13.2 Å². The van der Waals surface area contributed by atoms with Gasteiger partial charge in [-0.15, -0.1) is 0 Å². The third kappa shape index (κ3) is 5.34. The van der Waals surface area contributed by atoms with E-state index in [1.54, 1.807) is 12.1 Å². The lowest BCUT2D eigenvalue weighted by atomic mass is 10.1. The Balaban J connectivity index is 1.43. The molecule has 1 aromatic heterocycles. The van der Waals surface area contributed by atoms with E-state index in [1.807, 2.05) is 0 Å². The van der Waals surface area contributed by atoms with Gasteiger partial charge in [0.1, 0.15) is 11.7 Å². The fraction of sp³-hybridized carbons (Fsp3) is 0.650. The van der Waals surface area contributed by atoms with Gasteiger partial charge in [-0.3, -0.25) is 9.59 Å². The zero-order chi connectivity index (χ0) is 18.8. The summed E-state index contributed by atoms with van der Waals surface area (Å²) in [6.45, 7) is 1.24. The number of hydrogen-bond donors (Lipinski definition) is 2. The topological polar surface area (TPSA) is 104 Å². The highest BCUT2D eigenvalue weighted by molar-refractivity contribution is 5.96. The van der Waals surface area contributed by atoms with Crippen LogP contribution in [0.25, 0.3) is 0 Å². The maximum atomic E-state index is 12.6. The average molecular weight is 373 g/mol. The van der Waals surface area contributed by atoms with Crippen molar-refractivity contribution in [2.24, 2.45) is 23.5 Å². The average Bonchev–Trinajstić information content (AvgIpc) is 3.50. The van der Waals surface area contributed by atoms with Crippen LogP contribution in [0.2, 0.25) is 0 Å². The number of amides is 2. The number of carbonyl (C=O) groups is 2. The first-order chi connectivity index (χ1) is 13.1. The summed E-state index contributed by atoms with van der Waals surface area (Å²) in [5.41, 5.74) is 5.65. The van der Waals surface area contributed by atoms with Crippen LogP contribution in [0.1, 0.15) is 55.4 Å². The number of nitrogens with one attached hydrogen (secondary N) is 1. The molecule has 27 heavy (non-hydrogen) atoms. The molecule has 3 N–H and O–H groups in total. The second-order valence-corrected chi connectivity index (χ2v) is 8.12. The maximum absolute atomic E-state index is 12.6. The number of nitrogens with zero attached hydrogens (tertiary/aromatic N) is 1. The smallest absolute Gasteiger partial charge is 0.270 e. The van der Waals surface area contributed by atoms with Crippen molar-refractivity contribution >= 4 is 11.8 Å². The van der Waals surface area contributed by atoms with E-state index >= 15 is 0 Å². The second-order valence-electron chi connectivity index (χ2n) is 8.12. The number of ether oxygens (including phenoxy) is 2. The molecule has 0 bridgehead atoms. The third-order valence-electron chi connectivity index (χ3n) is 5.30. The van der Waals surface area contributed by atoms with E-state index in [0.29, 0.717) is 49.0 Å². The first-order valence-corrected chi connectivity index (χ1v) is 9.95. The molecule has 3 saturated carbocycles. The summed E-state index contributed by atoms with van der Waals surface area (Å²) < 4.78 is 11.7. The summed E-state index contributed by atoms with van der Waals surface area (Å²) in [4.78, 5) is 28.6. The molecule has 7 nitrogen and oxygen atoms in total. The van der Waals surface area contributed by atoms with E-state index in [2.05, 4.69) is 10.3 Å². The van der Waals surface area contributed by atoms with Crippen LogP contribution < -0.4 is 20.5 Å². The molecule has 0 aliphatic heterocycles. The van der Waals surface area contributed by atoms with Crippen molar-refractivity contribution in [1.29, 1.82) is 0 Å². The molecule has 0 radical (unpaired) electrons. The van der Waals surface area contributed by atoms with Crippen LogP contribution in [-0.4, -0.2) is 36.1 Å². The molecular weight excluding hydrogens is 346 g/mol. The second kappa shape index (κ2) is 7.74. The van der Waals surface area contributed by atoms with Gasteiger partial charge in [0, 0.05) is 0 Å². The largest absolute Gasteiger partial charge is 0.488 e. The number of pyridine rings is 1. The molecule has 2 amide bonds. The van der Waals surface area contributed by atoms with Crippen LogP contribution in [0.5, 0.6) is 11.6 Å². The Bertz CT molecular complexity index is 711. The predicted molar refractivity (Wildman–Crippen MR) is 98.5 cm³/mol. The molecule has 4 rings (SSSR count). The van der Waals surface area contributed by atoms with Crippen LogP contribution in [0.15, 0.2) is 12.1 Å². The number of hydrogen-bond acceptors (Lipinski definition) is 5. The lowest BCUT2D eigenvalue weighted by Gasteiger charge is -2.16. The number of rotatable bonds is 11. The summed E-state index contributed by atoms with van der Waals surface area (Å²) in [6, 6.07) is 2.68. The Labute approximate surface area is 159 Å². The Hall–Kier alpha value is -2.31. The quantitative estimate of drug-likeness (QED) is 0.618. The van der Waals surface area contributed by atoms with E-state index in [0.717, 1.165) is 12.8 Å². The third-order valence-corrected chi connectivity index (χ3v) is 5.30. The molecule has 146 valence electrons. The summed E-state index contributed by atoms with van der Waals surface area (Å²) in [5.74, 6) is 1.67. The lowest BCUT2D eigenvalue weighted by Crippen LogP contribution is -2.45. The van der Waals surface area contributed by atoms with Gasteiger partial charge in [-0.1, -0.05) is 12.8 Å². The van der Waals surface area contributed by atoms with Gasteiger partial charge in [0.25, 0.3) is 11.8 Å². The minimum atomic E-state index is -0.659. The summed E-state index contributed by atoms with van der Waals surface area (Å²) in [6.07, 6.45) is 7.49. The Morgan fingerprint density at radius 3 is 2.26 bits per heavy atom. The number of primary amides is 1. The maximum Gasteiger partial charge on any atom is 0.270 e. The van der Waals surface area contributed by atoms with Crippen molar-refractivity contribution in [2.45, 2.75) is 51.0 Å². The highest BCUT2D eigenvalue weighted by Crippen LogP contribution is 2.35. The van der Waals surface area contributed by atoms with Crippen molar-refractivity contribution in [3.05, 3.63) is 17.8 Å². The standard InChI is InChI=1S/C20H27N3O4/c21-18(24)16(9-12-1-2-12)22-19(25)15-7-8-17(26-10-13-3-4-13)20(23-15)27-11-14-5-6-14/h7-8,12-14,16H,1-6,9-11H2,(H2,21,24)(H,22,25). The minimum absolute atomic E-state index is 0.210. The van der Waals surface area contributed by atoms with Crippen LogP contribution in [0, 0.1) is 17.8 Å². The summed E-state index contributed by atoms with van der Waals surface area (Å²) >= 11 is 0. The SMILES string of the molecule is NC(=O)C(CC1CC1)NC(=O)c1ccc(OCC2CC2)c(OCC2CC2)n1. The highest BCUT2D eigenvalue weighted by atomic mass is 16.5.